The molecule has 1 atom stereocenters. The fourth-order valence-corrected chi connectivity index (χ4v) is 1.75. The number of aliphatic hydroxyl groups excluding tert-OH is 1. The van der Waals surface area contributed by atoms with Crippen LogP contribution in [-0.4, -0.2) is 24.2 Å². The lowest BCUT2D eigenvalue weighted by Gasteiger charge is -1.98. The first kappa shape index (κ1) is 17.8. The second kappa shape index (κ2) is 8.85. The number of rotatable bonds is 5. The molecule has 0 amide bonds. The molecule has 0 heterocycles. The maximum atomic E-state index is 10.5. The molecule has 0 aliphatic rings. The van der Waals surface area contributed by atoms with E-state index in [0.717, 1.165) is 24.8 Å². The Labute approximate surface area is 115 Å². The highest BCUT2D eigenvalue weighted by atomic mass is 32.2. The molecule has 0 saturated carbocycles. The Hall–Kier alpha value is -1.17. The van der Waals surface area contributed by atoms with E-state index < -0.39 is 10.1 Å². The summed E-state index contributed by atoms with van der Waals surface area (Å²) in [5, 5.41) is 8.74. The average molecular weight is 286 g/mol. The predicted molar refractivity (Wildman–Crippen MR) is 76.7 cm³/mol. The van der Waals surface area contributed by atoms with Gasteiger partial charge in [0.2, 0.25) is 0 Å². The summed E-state index contributed by atoms with van der Waals surface area (Å²) in [7, 11) is -4.02. The Kier molecular flexibility index (Phi) is 8.30. The van der Waals surface area contributed by atoms with Gasteiger partial charge in [-0.05, 0) is 45.2 Å². The topological polar surface area (TPSA) is 74.6 Å². The van der Waals surface area contributed by atoms with Crippen molar-refractivity contribution in [2.75, 3.05) is 0 Å². The summed E-state index contributed by atoms with van der Waals surface area (Å²) >= 11 is 0. The van der Waals surface area contributed by atoms with Crippen LogP contribution in [0.15, 0.2) is 41.8 Å². The molecule has 2 N–H and O–H groups in total. The molecule has 0 aliphatic heterocycles. The summed E-state index contributed by atoms with van der Waals surface area (Å²) in [6.07, 6.45) is 4.70. The molecular weight excluding hydrogens is 264 g/mol. The predicted octanol–water partition coefficient (Wildman–Crippen LogP) is 2.97. The van der Waals surface area contributed by atoms with Gasteiger partial charge in [0.15, 0.2) is 0 Å². The SMILES string of the molecule is C=CCCCC(C)O.Cc1ccc(S(=O)(=O)O)cc1. The van der Waals surface area contributed by atoms with Crippen LogP contribution in [0.1, 0.15) is 31.7 Å². The highest BCUT2D eigenvalue weighted by Gasteiger charge is 2.06. The minimum atomic E-state index is -4.02. The van der Waals surface area contributed by atoms with Gasteiger partial charge in [-0.1, -0.05) is 23.8 Å². The Morgan fingerprint density at radius 3 is 2.21 bits per heavy atom. The van der Waals surface area contributed by atoms with E-state index in [4.69, 9.17) is 9.66 Å². The van der Waals surface area contributed by atoms with Crippen molar-refractivity contribution in [3.63, 3.8) is 0 Å². The summed E-state index contributed by atoms with van der Waals surface area (Å²) in [5.74, 6) is 0. The van der Waals surface area contributed by atoms with Crippen LogP contribution in [-0.2, 0) is 10.1 Å². The fourth-order valence-electron chi connectivity index (χ4n) is 1.27. The van der Waals surface area contributed by atoms with Crippen LogP contribution < -0.4 is 0 Å². The van der Waals surface area contributed by atoms with Crippen molar-refractivity contribution in [3.8, 4) is 0 Å². The first-order valence-corrected chi connectivity index (χ1v) is 7.54. The van der Waals surface area contributed by atoms with Crippen LogP contribution in [0, 0.1) is 6.92 Å². The number of benzene rings is 1. The van der Waals surface area contributed by atoms with Gasteiger partial charge in [0.25, 0.3) is 10.1 Å². The van der Waals surface area contributed by atoms with E-state index in [2.05, 4.69) is 6.58 Å². The summed E-state index contributed by atoms with van der Waals surface area (Å²) in [5.41, 5.74) is 0.956. The first-order valence-electron chi connectivity index (χ1n) is 6.10. The zero-order valence-electron chi connectivity index (χ0n) is 11.4. The lowest BCUT2D eigenvalue weighted by Crippen LogP contribution is -1.97. The maximum Gasteiger partial charge on any atom is 0.294 e. The molecule has 1 rings (SSSR count). The van der Waals surface area contributed by atoms with Crippen LogP contribution in [0.4, 0.5) is 0 Å². The van der Waals surface area contributed by atoms with Crippen molar-refractivity contribution in [2.45, 2.75) is 44.1 Å². The van der Waals surface area contributed by atoms with Crippen LogP contribution >= 0.6 is 0 Å². The van der Waals surface area contributed by atoms with Crippen LogP contribution in [0.3, 0.4) is 0 Å². The van der Waals surface area contributed by atoms with Gasteiger partial charge in [-0.3, -0.25) is 4.55 Å². The third-order valence-corrected chi connectivity index (χ3v) is 3.22. The molecule has 0 bridgehead atoms. The summed E-state index contributed by atoms with van der Waals surface area (Å²) in [6, 6.07) is 5.99. The van der Waals surface area contributed by atoms with Gasteiger partial charge in [-0.2, -0.15) is 8.42 Å². The average Bonchev–Trinajstić information content (AvgIpc) is 2.29. The highest BCUT2D eigenvalue weighted by Crippen LogP contribution is 2.08. The monoisotopic (exact) mass is 286 g/mol. The van der Waals surface area contributed by atoms with Crippen LogP contribution in [0.25, 0.3) is 0 Å². The molecule has 4 nitrogen and oxygen atoms in total. The standard InChI is InChI=1S/C7H8O3S.C7H14O/c1-6-2-4-7(5-3-6)11(8,9)10;1-3-4-5-6-7(2)8/h2-5H,1H3,(H,8,9,10);3,7-8H,1,4-6H2,2H3. The van der Waals surface area contributed by atoms with Gasteiger partial charge in [-0.15, -0.1) is 6.58 Å². The minimum absolute atomic E-state index is 0.0666. The summed E-state index contributed by atoms with van der Waals surface area (Å²) in [4.78, 5) is -0.0666. The molecule has 1 unspecified atom stereocenters. The van der Waals surface area contributed by atoms with Crippen molar-refractivity contribution in [2.24, 2.45) is 0 Å². The molecule has 19 heavy (non-hydrogen) atoms. The lowest BCUT2D eigenvalue weighted by molar-refractivity contribution is 0.182. The lowest BCUT2D eigenvalue weighted by atomic mass is 10.2. The fraction of sp³-hybridized carbons (Fsp3) is 0.429. The molecule has 0 aliphatic carbocycles. The van der Waals surface area contributed by atoms with E-state index in [1.54, 1.807) is 12.1 Å². The van der Waals surface area contributed by atoms with Crippen LogP contribution in [0.5, 0.6) is 0 Å². The van der Waals surface area contributed by atoms with Crippen molar-refractivity contribution >= 4 is 10.1 Å². The first-order chi connectivity index (χ1) is 8.77. The molecule has 0 saturated heterocycles. The van der Waals surface area contributed by atoms with Gasteiger partial charge in [0.05, 0.1) is 11.0 Å². The molecule has 5 heteroatoms. The molecule has 1 aromatic rings. The van der Waals surface area contributed by atoms with Gasteiger partial charge in [-0.25, -0.2) is 0 Å². The molecule has 108 valence electrons. The number of aliphatic hydroxyl groups is 1. The molecular formula is C14H22O4S. The smallest absolute Gasteiger partial charge is 0.294 e. The molecule has 0 aromatic heterocycles. The van der Waals surface area contributed by atoms with Gasteiger partial charge in [0.1, 0.15) is 0 Å². The van der Waals surface area contributed by atoms with Gasteiger partial charge in [0, 0.05) is 0 Å². The third kappa shape index (κ3) is 9.41. The number of hydrogen-bond acceptors (Lipinski definition) is 3. The van der Waals surface area contributed by atoms with E-state index in [-0.39, 0.29) is 11.0 Å². The maximum absolute atomic E-state index is 10.5. The molecule has 0 radical (unpaired) electrons. The Morgan fingerprint density at radius 1 is 1.32 bits per heavy atom. The largest absolute Gasteiger partial charge is 0.393 e. The van der Waals surface area contributed by atoms with Gasteiger partial charge < -0.3 is 5.11 Å². The van der Waals surface area contributed by atoms with E-state index in [1.807, 2.05) is 19.9 Å². The number of aryl methyl sites for hydroxylation is 1. The van der Waals surface area contributed by atoms with E-state index in [1.165, 1.54) is 12.1 Å². The van der Waals surface area contributed by atoms with Gasteiger partial charge >= 0.3 is 0 Å². The van der Waals surface area contributed by atoms with E-state index in [0.29, 0.717) is 0 Å². The number of allylic oxidation sites excluding steroid dienone is 1. The quantitative estimate of drug-likeness (QED) is 0.496. The zero-order chi connectivity index (χ0) is 14.9. The highest BCUT2D eigenvalue weighted by molar-refractivity contribution is 7.85. The second-order valence-corrected chi connectivity index (χ2v) is 5.78. The minimum Gasteiger partial charge on any atom is -0.393 e. The molecule has 1 aromatic carbocycles. The van der Waals surface area contributed by atoms with E-state index in [9.17, 15) is 8.42 Å². The van der Waals surface area contributed by atoms with Crippen molar-refractivity contribution in [3.05, 3.63) is 42.5 Å². The number of hydrogen-bond donors (Lipinski definition) is 2. The van der Waals surface area contributed by atoms with Crippen molar-refractivity contribution < 1.29 is 18.1 Å². The second-order valence-electron chi connectivity index (χ2n) is 4.36. The summed E-state index contributed by atoms with van der Waals surface area (Å²) < 4.78 is 29.6. The van der Waals surface area contributed by atoms with Crippen molar-refractivity contribution in [1.82, 2.24) is 0 Å². The van der Waals surface area contributed by atoms with E-state index >= 15 is 0 Å². The molecule has 0 spiro atoms. The van der Waals surface area contributed by atoms with Crippen LogP contribution in [0.2, 0.25) is 0 Å². The number of unbranched alkanes of at least 4 members (excludes halogenated alkanes) is 1. The zero-order valence-corrected chi connectivity index (χ0v) is 12.2. The Bertz CT molecular complexity index is 461. The Balaban J connectivity index is 0.000000362. The summed E-state index contributed by atoms with van der Waals surface area (Å²) in [6.45, 7) is 7.23. The van der Waals surface area contributed by atoms with Crippen molar-refractivity contribution in [1.29, 1.82) is 0 Å². The Morgan fingerprint density at radius 2 is 1.84 bits per heavy atom. The third-order valence-electron chi connectivity index (χ3n) is 2.35. The molecule has 0 fully saturated rings. The normalized spacial score (nSPS) is 12.2.